The third-order valence-corrected chi connectivity index (χ3v) is 4.93. The van der Waals surface area contributed by atoms with Gasteiger partial charge in [-0.3, -0.25) is 10.1 Å². The van der Waals surface area contributed by atoms with Crippen LogP contribution in [0.15, 0.2) is 35.5 Å². The Balaban J connectivity index is 2.30. The number of hydrogen-bond acceptors (Lipinski definition) is 5. The second-order valence-corrected chi connectivity index (χ2v) is 6.66. The Bertz CT molecular complexity index is 715. The summed E-state index contributed by atoms with van der Waals surface area (Å²) in [7, 11) is 0. The zero-order chi connectivity index (χ0) is 17.7. The molecule has 1 aromatic heterocycles. The fourth-order valence-electron chi connectivity index (χ4n) is 2.26. The lowest BCUT2D eigenvalue weighted by molar-refractivity contribution is -0.120. The lowest BCUT2D eigenvalue weighted by Gasteiger charge is -2.18. The van der Waals surface area contributed by atoms with E-state index >= 15 is 0 Å². The van der Waals surface area contributed by atoms with E-state index in [2.05, 4.69) is 15.5 Å². The molecule has 0 saturated carbocycles. The number of carbonyl (C=O) groups is 2. The fraction of sp³-hybridized carbons (Fsp3) is 0.375. The maximum absolute atomic E-state index is 12.2. The van der Waals surface area contributed by atoms with E-state index in [1.54, 1.807) is 0 Å². The van der Waals surface area contributed by atoms with E-state index in [0.717, 1.165) is 11.4 Å². The summed E-state index contributed by atoms with van der Waals surface area (Å²) in [4.78, 5) is 23.1. The number of rotatable bonds is 6. The maximum Gasteiger partial charge on any atom is 0.318 e. The predicted molar refractivity (Wildman–Crippen MR) is 93.3 cm³/mol. The standard InChI is InChI=1S/C16H21N5O2S/c1-4-21-13(11-8-6-5-7-9-11)19-20-16(21)24-12(10(2)3)14(22)18-15(17)23/h5-10,12H,4H2,1-3H3,(H3,17,18,22,23)/t12-/m0/s1. The van der Waals surface area contributed by atoms with Gasteiger partial charge in [-0.25, -0.2) is 4.79 Å². The zero-order valence-electron chi connectivity index (χ0n) is 13.9. The summed E-state index contributed by atoms with van der Waals surface area (Å²) in [5.41, 5.74) is 6.01. The van der Waals surface area contributed by atoms with Crippen LogP contribution in [0, 0.1) is 5.92 Å². The fourth-order valence-corrected chi connectivity index (χ4v) is 3.36. The van der Waals surface area contributed by atoms with Crippen molar-refractivity contribution in [2.45, 2.75) is 37.7 Å². The molecule has 1 heterocycles. The van der Waals surface area contributed by atoms with E-state index in [-0.39, 0.29) is 5.92 Å². The Morgan fingerprint density at radius 3 is 2.46 bits per heavy atom. The van der Waals surface area contributed by atoms with Crippen molar-refractivity contribution in [2.75, 3.05) is 0 Å². The van der Waals surface area contributed by atoms with E-state index in [4.69, 9.17) is 5.73 Å². The molecular formula is C16H21N5O2S. The van der Waals surface area contributed by atoms with Gasteiger partial charge in [0.2, 0.25) is 5.91 Å². The molecule has 1 atom stereocenters. The number of nitrogens with zero attached hydrogens (tertiary/aromatic N) is 3. The first-order valence-corrected chi connectivity index (χ1v) is 8.57. The van der Waals surface area contributed by atoms with Crippen LogP contribution in [0.25, 0.3) is 11.4 Å². The van der Waals surface area contributed by atoms with Crippen molar-refractivity contribution in [1.82, 2.24) is 20.1 Å². The van der Waals surface area contributed by atoms with Crippen molar-refractivity contribution in [1.29, 1.82) is 0 Å². The molecule has 24 heavy (non-hydrogen) atoms. The minimum Gasteiger partial charge on any atom is -0.351 e. The highest BCUT2D eigenvalue weighted by Gasteiger charge is 2.27. The summed E-state index contributed by atoms with van der Waals surface area (Å²) in [5, 5.41) is 10.8. The Morgan fingerprint density at radius 2 is 1.92 bits per heavy atom. The van der Waals surface area contributed by atoms with Gasteiger partial charge in [-0.15, -0.1) is 10.2 Å². The normalized spacial score (nSPS) is 12.2. The van der Waals surface area contributed by atoms with Crippen LogP contribution in [0.2, 0.25) is 0 Å². The third-order valence-electron chi connectivity index (χ3n) is 3.41. The summed E-state index contributed by atoms with van der Waals surface area (Å²) in [5.74, 6) is 0.323. The predicted octanol–water partition coefficient (Wildman–Crippen LogP) is 2.28. The molecule has 3 N–H and O–H groups in total. The van der Waals surface area contributed by atoms with Crippen LogP contribution < -0.4 is 11.1 Å². The Labute approximate surface area is 145 Å². The summed E-state index contributed by atoms with van der Waals surface area (Å²) >= 11 is 1.28. The largest absolute Gasteiger partial charge is 0.351 e. The summed E-state index contributed by atoms with van der Waals surface area (Å²) in [6, 6.07) is 8.89. The number of benzene rings is 1. The first-order valence-electron chi connectivity index (χ1n) is 7.69. The Kier molecular flexibility index (Phi) is 5.97. The lowest BCUT2D eigenvalue weighted by atomic mass is 10.1. The van der Waals surface area contributed by atoms with Crippen molar-refractivity contribution < 1.29 is 9.59 Å². The molecule has 8 heteroatoms. The van der Waals surface area contributed by atoms with Gasteiger partial charge in [-0.2, -0.15) is 0 Å². The summed E-state index contributed by atoms with van der Waals surface area (Å²) in [6.07, 6.45) is 0. The number of amides is 3. The molecule has 0 unspecified atom stereocenters. The molecular weight excluding hydrogens is 326 g/mol. The van der Waals surface area contributed by atoms with Gasteiger partial charge in [0.05, 0.1) is 5.25 Å². The summed E-state index contributed by atoms with van der Waals surface area (Å²) in [6.45, 7) is 6.47. The summed E-state index contributed by atoms with van der Waals surface area (Å²) < 4.78 is 1.95. The van der Waals surface area contributed by atoms with Gasteiger partial charge in [0, 0.05) is 12.1 Å². The van der Waals surface area contributed by atoms with E-state index in [1.165, 1.54) is 11.8 Å². The highest BCUT2D eigenvalue weighted by atomic mass is 32.2. The van der Waals surface area contributed by atoms with Crippen molar-refractivity contribution in [3.8, 4) is 11.4 Å². The molecule has 2 aromatic rings. The molecule has 0 aliphatic heterocycles. The highest BCUT2D eigenvalue weighted by Crippen LogP contribution is 2.30. The van der Waals surface area contributed by atoms with Gasteiger partial charge in [-0.1, -0.05) is 55.9 Å². The quantitative estimate of drug-likeness (QED) is 0.780. The van der Waals surface area contributed by atoms with E-state index in [1.807, 2.05) is 55.7 Å². The first kappa shape index (κ1) is 18.0. The minimum absolute atomic E-state index is 0.00321. The van der Waals surface area contributed by atoms with Crippen LogP contribution in [0.3, 0.4) is 0 Å². The Hall–Kier alpha value is -2.35. The monoisotopic (exact) mass is 347 g/mol. The number of nitrogens with two attached hydrogens (primary N) is 1. The molecule has 0 fully saturated rings. The van der Waals surface area contributed by atoms with Crippen LogP contribution in [0.5, 0.6) is 0 Å². The molecule has 1 aromatic carbocycles. The van der Waals surface area contributed by atoms with Crippen LogP contribution in [0.1, 0.15) is 20.8 Å². The molecule has 7 nitrogen and oxygen atoms in total. The molecule has 0 bridgehead atoms. The maximum atomic E-state index is 12.2. The number of thioether (sulfide) groups is 1. The molecule has 3 amide bonds. The number of imide groups is 1. The van der Waals surface area contributed by atoms with Gasteiger partial charge in [0.25, 0.3) is 0 Å². The second-order valence-electron chi connectivity index (χ2n) is 5.55. The molecule has 0 aliphatic rings. The van der Waals surface area contributed by atoms with Gasteiger partial charge >= 0.3 is 6.03 Å². The van der Waals surface area contributed by atoms with Gasteiger partial charge in [0.1, 0.15) is 0 Å². The van der Waals surface area contributed by atoms with Gasteiger partial charge in [0.15, 0.2) is 11.0 Å². The van der Waals surface area contributed by atoms with Gasteiger partial charge < -0.3 is 10.3 Å². The zero-order valence-corrected chi connectivity index (χ0v) is 14.7. The minimum atomic E-state index is -0.854. The average molecular weight is 347 g/mol. The van der Waals surface area contributed by atoms with Gasteiger partial charge in [-0.05, 0) is 12.8 Å². The molecule has 0 aliphatic carbocycles. The molecule has 128 valence electrons. The van der Waals surface area contributed by atoms with E-state index in [0.29, 0.717) is 11.7 Å². The number of aromatic nitrogens is 3. The van der Waals surface area contributed by atoms with E-state index < -0.39 is 17.2 Å². The van der Waals surface area contributed by atoms with Crippen molar-refractivity contribution in [3.05, 3.63) is 30.3 Å². The molecule has 0 radical (unpaired) electrons. The molecule has 0 saturated heterocycles. The smallest absolute Gasteiger partial charge is 0.318 e. The topological polar surface area (TPSA) is 103 Å². The average Bonchev–Trinajstić information content (AvgIpc) is 2.95. The Morgan fingerprint density at radius 1 is 1.25 bits per heavy atom. The van der Waals surface area contributed by atoms with Crippen LogP contribution in [-0.4, -0.2) is 32.0 Å². The van der Waals surface area contributed by atoms with Crippen LogP contribution >= 0.6 is 11.8 Å². The van der Waals surface area contributed by atoms with Crippen LogP contribution in [-0.2, 0) is 11.3 Å². The number of carbonyl (C=O) groups excluding carboxylic acids is 2. The van der Waals surface area contributed by atoms with E-state index in [9.17, 15) is 9.59 Å². The second kappa shape index (κ2) is 7.96. The first-order chi connectivity index (χ1) is 11.4. The van der Waals surface area contributed by atoms with Crippen molar-refractivity contribution in [3.63, 3.8) is 0 Å². The van der Waals surface area contributed by atoms with Crippen molar-refractivity contribution >= 4 is 23.7 Å². The number of primary amides is 1. The number of urea groups is 1. The molecule has 2 rings (SSSR count). The SMILES string of the molecule is CCn1c(S[C@H](C(=O)NC(N)=O)C(C)C)nnc1-c1ccccc1. The van der Waals surface area contributed by atoms with Crippen molar-refractivity contribution in [2.24, 2.45) is 11.7 Å². The lowest BCUT2D eigenvalue weighted by Crippen LogP contribution is -2.42. The number of hydrogen-bond donors (Lipinski definition) is 2. The number of nitrogens with one attached hydrogen (secondary N) is 1. The highest BCUT2D eigenvalue weighted by molar-refractivity contribution is 8.00. The third kappa shape index (κ3) is 4.14. The van der Waals surface area contributed by atoms with Crippen LogP contribution in [0.4, 0.5) is 4.79 Å². The molecule has 0 spiro atoms.